The molecule has 0 radical (unpaired) electrons. The SMILES string of the molecule is N/C(=C\C(=O)c1ccccc1)c1ccco1. The van der Waals surface area contributed by atoms with E-state index in [-0.39, 0.29) is 5.78 Å². The van der Waals surface area contributed by atoms with E-state index in [9.17, 15) is 4.79 Å². The lowest BCUT2D eigenvalue weighted by Gasteiger charge is -1.97. The molecular weight excluding hydrogens is 202 g/mol. The van der Waals surface area contributed by atoms with Crippen molar-refractivity contribution in [3.63, 3.8) is 0 Å². The fourth-order valence-corrected chi connectivity index (χ4v) is 1.34. The van der Waals surface area contributed by atoms with E-state index in [1.54, 1.807) is 24.3 Å². The number of hydrogen-bond acceptors (Lipinski definition) is 3. The van der Waals surface area contributed by atoms with Crippen LogP contribution in [0.3, 0.4) is 0 Å². The second-order valence-electron chi connectivity index (χ2n) is 3.31. The normalized spacial score (nSPS) is 11.4. The van der Waals surface area contributed by atoms with Crippen LogP contribution in [-0.4, -0.2) is 5.78 Å². The molecule has 0 saturated heterocycles. The topological polar surface area (TPSA) is 56.2 Å². The molecule has 3 nitrogen and oxygen atoms in total. The highest BCUT2D eigenvalue weighted by Crippen LogP contribution is 2.10. The van der Waals surface area contributed by atoms with Gasteiger partial charge in [-0.1, -0.05) is 30.3 Å². The third-order valence-corrected chi connectivity index (χ3v) is 2.15. The molecule has 1 heterocycles. The van der Waals surface area contributed by atoms with E-state index in [1.165, 1.54) is 12.3 Å². The Hall–Kier alpha value is -2.29. The van der Waals surface area contributed by atoms with Gasteiger partial charge in [-0.25, -0.2) is 0 Å². The van der Waals surface area contributed by atoms with Gasteiger partial charge in [0.15, 0.2) is 5.78 Å². The van der Waals surface area contributed by atoms with Crippen molar-refractivity contribution >= 4 is 11.5 Å². The van der Waals surface area contributed by atoms with E-state index in [4.69, 9.17) is 10.2 Å². The van der Waals surface area contributed by atoms with Crippen LogP contribution in [0, 0.1) is 0 Å². The fourth-order valence-electron chi connectivity index (χ4n) is 1.34. The summed E-state index contributed by atoms with van der Waals surface area (Å²) >= 11 is 0. The maximum atomic E-state index is 11.8. The molecule has 1 aromatic heterocycles. The summed E-state index contributed by atoms with van der Waals surface area (Å²) in [6.07, 6.45) is 2.89. The highest BCUT2D eigenvalue weighted by molar-refractivity contribution is 6.07. The number of allylic oxidation sites excluding steroid dienone is 1. The summed E-state index contributed by atoms with van der Waals surface area (Å²) in [4.78, 5) is 11.8. The van der Waals surface area contributed by atoms with Crippen LogP contribution in [0.2, 0.25) is 0 Å². The predicted molar refractivity (Wildman–Crippen MR) is 61.6 cm³/mol. The van der Waals surface area contributed by atoms with Gasteiger partial charge in [-0.3, -0.25) is 4.79 Å². The van der Waals surface area contributed by atoms with Crippen LogP contribution < -0.4 is 5.73 Å². The standard InChI is InChI=1S/C13H11NO2/c14-11(13-7-4-8-16-13)9-12(15)10-5-2-1-3-6-10/h1-9H,14H2/b11-9-. The summed E-state index contributed by atoms with van der Waals surface area (Å²) in [5.74, 6) is 0.374. The van der Waals surface area contributed by atoms with Crippen LogP contribution in [0.5, 0.6) is 0 Å². The molecule has 0 spiro atoms. The lowest BCUT2D eigenvalue weighted by atomic mass is 10.1. The van der Waals surface area contributed by atoms with E-state index in [1.807, 2.05) is 18.2 Å². The van der Waals surface area contributed by atoms with Gasteiger partial charge in [-0.15, -0.1) is 0 Å². The van der Waals surface area contributed by atoms with Crippen LogP contribution in [0.1, 0.15) is 16.1 Å². The first kappa shape index (κ1) is 10.2. The third-order valence-electron chi connectivity index (χ3n) is 2.15. The lowest BCUT2D eigenvalue weighted by Crippen LogP contribution is -2.01. The zero-order chi connectivity index (χ0) is 11.4. The molecule has 0 aliphatic heterocycles. The molecular formula is C13H11NO2. The van der Waals surface area contributed by atoms with E-state index < -0.39 is 0 Å². The van der Waals surface area contributed by atoms with E-state index in [2.05, 4.69) is 0 Å². The van der Waals surface area contributed by atoms with Crippen molar-refractivity contribution in [3.8, 4) is 0 Å². The zero-order valence-corrected chi connectivity index (χ0v) is 8.59. The summed E-state index contributed by atoms with van der Waals surface area (Å²) in [7, 11) is 0. The molecule has 0 amide bonds. The summed E-state index contributed by atoms with van der Waals surface area (Å²) in [5.41, 5.74) is 6.66. The fraction of sp³-hybridized carbons (Fsp3) is 0. The Bertz CT molecular complexity index is 498. The molecule has 3 heteroatoms. The molecule has 0 fully saturated rings. The van der Waals surface area contributed by atoms with Gasteiger partial charge in [0.1, 0.15) is 5.76 Å². The Morgan fingerprint density at radius 3 is 2.50 bits per heavy atom. The number of ketones is 1. The van der Waals surface area contributed by atoms with Gasteiger partial charge in [0.25, 0.3) is 0 Å². The highest BCUT2D eigenvalue weighted by Gasteiger charge is 2.05. The van der Waals surface area contributed by atoms with Gasteiger partial charge in [0.2, 0.25) is 0 Å². The van der Waals surface area contributed by atoms with Crippen LogP contribution in [-0.2, 0) is 0 Å². The Balaban J connectivity index is 2.22. The van der Waals surface area contributed by atoms with E-state index >= 15 is 0 Å². The minimum Gasteiger partial charge on any atom is -0.463 e. The first-order valence-electron chi connectivity index (χ1n) is 4.88. The molecule has 0 unspecified atom stereocenters. The van der Waals surface area contributed by atoms with E-state index in [0.29, 0.717) is 17.0 Å². The lowest BCUT2D eigenvalue weighted by molar-refractivity contribution is 0.104. The second kappa shape index (κ2) is 4.49. The summed E-state index contributed by atoms with van der Waals surface area (Å²) in [6.45, 7) is 0. The Morgan fingerprint density at radius 1 is 1.12 bits per heavy atom. The van der Waals surface area contributed by atoms with Gasteiger partial charge in [0.05, 0.1) is 12.0 Å². The Kier molecular flexibility index (Phi) is 2.87. The van der Waals surface area contributed by atoms with E-state index in [0.717, 1.165) is 0 Å². The minimum absolute atomic E-state index is 0.130. The average molecular weight is 213 g/mol. The molecule has 0 saturated carbocycles. The molecule has 2 N–H and O–H groups in total. The van der Waals surface area contributed by atoms with Crippen molar-refractivity contribution < 1.29 is 9.21 Å². The van der Waals surface area contributed by atoms with Crippen LogP contribution in [0.4, 0.5) is 0 Å². The minimum atomic E-state index is -0.130. The first-order chi connectivity index (χ1) is 7.77. The van der Waals surface area contributed by atoms with Crippen molar-refractivity contribution in [1.82, 2.24) is 0 Å². The number of benzene rings is 1. The van der Waals surface area contributed by atoms with Gasteiger partial charge in [-0.05, 0) is 12.1 Å². The van der Waals surface area contributed by atoms with Crippen molar-refractivity contribution in [2.24, 2.45) is 5.73 Å². The molecule has 0 atom stereocenters. The van der Waals surface area contributed by atoms with Crippen LogP contribution in [0.15, 0.2) is 59.2 Å². The number of nitrogens with two attached hydrogens (primary N) is 1. The largest absolute Gasteiger partial charge is 0.463 e. The van der Waals surface area contributed by atoms with Gasteiger partial charge in [0, 0.05) is 11.6 Å². The maximum Gasteiger partial charge on any atom is 0.188 e. The van der Waals surface area contributed by atoms with Crippen LogP contribution >= 0.6 is 0 Å². The molecule has 2 rings (SSSR count). The van der Waals surface area contributed by atoms with Crippen molar-refractivity contribution in [3.05, 3.63) is 66.1 Å². The predicted octanol–water partition coefficient (Wildman–Crippen LogP) is 2.46. The molecule has 0 bridgehead atoms. The quantitative estimate of drug-likeness (QED) is 0.629. The third kappa shape index (κ3) is 2.20. The van der Waals surface area contributed by atoms with Crippen LogP contribution in [0.25, 0.3) is 5.70 Å². The molecule has 0 aliphatic rings. The van der Waals surface area contributed by atoms with Crippen molar-refractivity contribution in [2.45, 2.75) is 0 Å². The number of hydrogen-bond donors (Lipinski definition) is 1. The van der Waals surface area contributed by atoms with Gasteiger partial charge in [-0.2, -0.15) is 0 Å². The smallest absolute Gasteiger partial charge is 0.188 e. The Labute approximate surface area is 93.2 Å². The molecule has 16 heavy (non-hydrogen) atoms. The van der Waals surface area contributed by atoms with Gasteiger partial charge < -0.3 is 10.2 Å². The maximum absolute atomic E-state index is 11.8. The molecule has 2 aromatic rings. The summed E-state index contributed by atoms with van der Waals surface area (Å²) in [6, 6.07) is 12.4. The average Bonchev–Trinajstić information content (AvgIpc) is 2.83. The highest BCUT2D eigenvalue weighted by atomic mass is 16.3. The van der Waals surface area contributed by atoms with Crippen molar-refractivity contribution in [1.29, 1.82) is 0 Å². The number of carbonyl (C=O) groups excluding carboxylic acids is 1. The second-order valence-corrected chi connectivity index (χ2v) is 3.31. The molecule has 0 aliphatic carbocycles. The number of rotatable bonds is 3. The number of furan rings is 1. The monoisotopic (exact) mass is 213 g/mol. The number of carbonyl (C=O) groups is 1. The summed E-state index contributed by atoms with van der Waals surface area (Å²) in [5, 5.41) is 0. The summed E-state index contributed by atoms with van der Waals surface area (Å²) < 4.78 is 5.09. The Morgan fingerprint density at radius 2 is 1.88 bits per heavy atom. The molecule has 80 valence electrons. The first-order valence-corrected chi connectivity index (χ1v) is 4.88. The van der Waals surface area contributed by atoms with Crippen molar-refractivity contribution in [2.75, 3.05) is 0 Å². The molecule has 1 aromatic carbocycles. The van der Waals surface area contributed by atoms with Gasteiger partial charge >= 0.3 is 0 Å². The zero-order valence-electron chi connectivity index (χ0n) is 8.59.